The minimum absolute atomic E-state index is 0.0988. The topological polar surface area (TPSA) is 118 Å². The predicted octanol–water partition coefficient (Wildman–Crippen LogP) is 3.23. The number of methoxy groups -OCH3 is 2. The summed E-state index contributed by atoms with van der Waals surface area (Å²) >= 11 is 0. The molecule has 0 unspecified atom stereocenters. The van der Waals surface area contributed by atoms with Crippen molar-refractivity contribution in [3.8, 4) is 11.5 Å². The number of hydrazone groups is 2. The van der Waals surface area contributed by atoms with Gasteiger partial charge in [0, 0.05) is 25.2 Å². The van der Waals surface area contributed by atoms with E-state index >= 15 is 0 Å². The molecule has 1 fully saturated rings. The van der Waals surface area contributed by atoms with Crippen molar-refractivity contribution in [1.29, 1.82) is 0 Å². The van der Waals surface area contributed by atoms with E-state index in [1.54, 1.807) is 38.8 Å². The number of anilines is 1. The standard InChI is InChI=1S/C28H30N6O4/c1-37-24-7-3-5-20(15-24)17-30-32-27(35)22-11-13-34(14-12-22)26-10-9-23(19-29-26)28(36)33-31-18-21-6-4-8-25(16-21)38-2/h3-10,15-19,22H,11-14H2,1-2H3,(H,32,35)(H,33,36)/b30-17+,31-18+. The summed E-state index contributed by atoms with van der Waals surface area (Å²) in [6, 6.07) is 18.3. The molecule has 0 radical (unpaired) electrons. The van der Waals surface area contributed by atoms with Crippen LogP contribution in [0.1, 0.15) is 34.3 Å². The van der Waals surface area contributed by atoms with Crippen molar-refractivity contribution in [3.63, 3.8) is 0 Å². The lowest BCUT2D eigenvalue weighted by Crippen LogP contribution is -2.39. The summed E-state index contributed by atoms with van der Waals surface area (Å²) in [5.41, 5.74) is 7.19. The molecule has 10 heteroatoms. The molecular weight excluding hydrogens is 484 g/mol. The zero-order valence-corrected chi connectivity index (χ0v) is 21.3. The van der Waals surface area contributed by atoms with Crippen molar-refractivity contribution < 1.29 is 19.1 Å². The Morgan fingerprint density at radius 2 is 1.50 bits per heavy atom. The molecule has 2 aromatic carbocycles. The molecule has 0 bridgehead atoms. The Balaban J connectivity index is 1.23. The van der Waals surface area contributed by atoms with Crippen LogP contribution in [0.25, 0.3) is 0 Å². The minimum atomic E-state index is -0.354. The maximum Gasteiger partial charge on any atom is 0.272 e. The Hall–Kier alpha value is -4.73. The molecule has 2 N–H and O–H groups in total. The number of ether oxygens (including phenoxy) is 2. The molecular formula is C28H30N6O4. The summed E-state index contributed by atoms with van der Waals surface area (Å²) in [5.74, 6) is 1.62. The van der Waals surface area contributed by atoms with Gasteiger partial charge in [0.2, 0.25) is 5.91 Å². The molecule has 4 rings (SSSR count). The first kappa shape index (κ1) is 26.3. The number of hydrogen-bond acceptors (Lipinski definition) is 8. The van der Waals surface area contributed by atoms with Crippen LogP contribution < -0.4 is 25.2 Å². The average Bonchev–Trinajstić information content (AvgIpc) is 2.97. The highest BCUT2D eigenvalue weighted by atomic mass is 16.5. The number of benzene rings is 2. The summed E-state index contributed by atoms with van der Waals surface area (Å²) in [5, 5.41) is 8.09. The Morgan fingerprint density at radius 3 is 2.05 bits per heavy atom. The number of nitrogens with one attached hydrogen (secondary N) is 2. The molecule has 1 aliphatic rings. The molecule has 196 valence electrons. The summed E-state index contributed by atoms with van der Waals surface area (Å²) in [7, 11) is 3.20. The summed E-state index contributed by atoms with van der Waals surface area (Å²) in [4.78, 5) is 31.5. The largest absolute Gasteiger partial charge is 0.497 e. The SMILES string of the molecule is COc1cccc(/C=N/NC(=O)c2ccc(N3CCC(C(=O)N/N=C/c4cccc(OC)c4)CC3)nc2)c1. The zero-order chi connectivity index (χ0) is 26.7. The molecule has 0 aliphatic carbocycles. The van der Waals surface area contributed by atoms with E-state index in [9.17, 15) is 9.59 Å². The van der Waals surface area contributed by atoms with E-state index in [1.165, 1.54) is 6.20 Å². The van der Waals surface area contributed by atoms with Gasteiger partial charge in [-0.1, -0.05) is 24.3 Å². The van der Waals surface area contributed by atoms with Crippen molar-refractivity contribution in [2.75, 3.05) is 32.2 Å². The molecule has 1 saturated heterocycles. The number of amides is 2. The molecule has 10 nitrogen and oxygen atoms in total. The molecule has 1 aliphatic heterocycles. The van der Waals surface area contributed by atoms with Gasteiger partial charge in [-0.15, -0.1) is 0 Å². The van der Waals surface area contributed by atoms with Gasteiger partial charge in [0.15, 0.2) is 0 Å². The Labute approximate surface area is 221 Å². The molecule has 0 atom stereocenters. The van der Waals surface area contributed by atoms with Crippen molar-refractivity contribution in [2.45, 2.75) is 12.8 Å². The van der Waals surface area contributed by atoms with Gasteiger partial charge in [0.1, 0.15) is 17.3 Å². The number of nitrogens with zero attached hydrogens (tertiary/aromatic N) is 4. The van der Waals surface area contributed by atoms with Crippen molar-refractivity contribution >= 4 is 30.1 Å². The van der Waals surface area contributed by atoms with E-state index in [0.717, 1.165) is 22.7 Å². The van der Waals surface area contributed by atoms with Crippen LogP contribution >= 0.6 is 0 Å². The highest BCUT2D eigenvalue weighted by molar-refractivity contribution is 5.94. The molecule has 2 amide bonds. The van der Waals surface area contributed by atoms with Crippen LogP contribution in [-0.2, 0) is 4.79 Å². The number of hydrogen-bond donors (Lipinski definition) is 2. The van der Waals surface area contributed by atoms with Crippen LogP contribution in [0.4, 0.5) is 5.82 Å². The number of pyridine rings is 1. The lowest BCUT2D eigenvalue weighted by Gasteiger charge is -2.31. The van der Waals surface area contributed by atoms with Gasteiger partial charge in [-0.05, 0) is 60.4 Å². The smallest absolute Gasteiger partial charge is 0.272 e. The van der Waals surface area contributed by atoms with Crippen LogP contribution in [0.5, 0.6) is 11.5 Å². The Kier molecular flexibility index (Phi) is 9.01. The summed E-state index contributed by atoms with van der Waals surface area (Å²) < 4.78 is 10.4. The second-order valence-corrected chi connectivity index (χ2v) is 8.65. The number of carbonyl (C=O) groups excluding carboxylic acids is 2. The van der Waals surface area contributed by atoms with Crippen molar-refractivity contribution in [1.82, 2.24) is 15.8 Å². The average molecular weight is 515 g/mol. The monoisotopic (exact) mass is 514 g/mol. The van der Waals surface area contributed by atoms with Crippen LogP contribution in [0, 0.1) is 5.92 Å². The highest BCUT2D eigenvalue weighted by Gasteiger charge is 2.25. The van der Waals surface area contributed by atoms with Crippen molar-refractivity contribution in [2.24, 2.45) is 16.1 Å². The highest BCUT2D eigenvalue weighted by Crippen LogP contribution is 2.22. The second kappa shape index (κ2) is 13.0. The summed E-state index contributed by atoms with van der Waals surface area (Å²) in [6.45, 7) is 1.36. The number of rotatable bonds is 9. The lowest BCUT2D eigenvalue weighted by molar-refractivity contribution is -0.125. The number of piperidine rings is 1. The third-order valence-corrected chi connectivity index (χ3v) is 6.16. The normalized spacial score (nSPS) is 14.0. The zero-order valence-electron chi connectivity index (χ0n) is 21.3. The van der Waals surface area contributed by atoms with E-state index in [4.69, 9.17) is 9.47 Å². The first-order valence-electron chi connectivity index (χ1n) is 12.2. The second-order valence-electron chi connectivity index (χ2n) is 8.65. The van der Waals surface area contributed by atoms with Crippen LogP contribution in [0.2, 0.25) is 0 Å². The van der Waals surface area contributed by atoms with Crippen molar-refractivity contribution in [3.05, 3.63) is 83.6 Å². The Bertz CT molecular complexity index is 1300. The molecule has 0 spiro atoms. The third-order valence-electron chi connectivity index (χ3n) is 6.16. The fourth-order valence-electron chi connectivity index (χ4n) is 4.01. The van der Waals surface area contributed by atoms with Crippen LogP contribution in [-0.4, -0.2) is 56.5 Å². The van der Waals surface area contributed by atoms with E-state index in [2.05, 4.69) is 30.9 Å². The molecule has 2 heterocycles. The van der Waals surface area contributed by atoms with Crippen LogP contribution in [0.15, 0.2) is 77.1 Å². The predicted molar refractivity (Wildman–Crippen MR) is 146 cm³/mol. The van der Waals surface area contributed by atoms with Gasteiger partial charge in [0.05, 0.1) is 32.2 Å². The molecule has 38 heavy (non-hydrogen) atoms. The Morgan fingerprint density at radius 1 is 0.895 bits per heavy atom. The van der Waals surface area contributed by atoms with Gasteiger partial charge in [-0.3, -0.25) is 9.59 Å². The first-order chi connectivity index (χ1) is 18.6. The maximum atomic E-state index is 12.5. The number of carbonyl (C=O) groups is 2. The quantitative estimate of drug-likeness (QED) is 0.334. The molecule has 1 aromatic heterocycles. The molecule has 3 aromatic rings. The van der Waals surface area contributed by atoms with E-state index in [-0.39, 0.29) is 17.7 Å². The minimum Gasteiger partial charge on any atom is -0.497 e. The van der Waals surface area contributed by atoms with Gasteiger partial charge < -0.3 is 14.4 Å². The van der Waals surface area contributed by atoms with E-state index in [1.807, 2.05) is 48.5 Å². The first-order valence-corrected chi connectivity index (χ1v) is 12.2. The summed E-state index contributed by atoms with van der Waals surface area (Å²) in [6.07, 6.45) is 6.04. The fraction of sp³-hybridized carbons (Fsp3) is 0.250. The maximum absolute atomic E-state index is 12.5. The fourth-order valence-corrected chi connectivity index (χ4v) is 4.01. The van der Waals surface area contributed by atoms with Crippen LogP contribution in [0.3, 0.4) is 0 Å². The van der Waals surface area contributed by atoms with E-state index < -0.39 is 0 Å². The molecule has 0 saturated carbocycles. The van der Waals surface area contributed by atoms with Gasteiger partial charge >= 0.3 is 0 Å². The third kappa shape index (κ3) is 7.16. The lowest BCUT2D eigenvalue weighted by atomic mass is 9.96. The van der Waals surface area contributed by atoms with Gasteiger partial charge in [-0.2, -0.15) is 10.2 Å². The van der Waals surface area contributed by atoms with E-state index in [0.29, 0.717) is 37.2 Å². The number of aromatic nitrogens is 1. The van der Waals surface area contributed by atoms with Gasteiger partial charge in [-0.25, -0.2) is 15.8 Å². The van der Waals surface area contributed by atoms with Gasteiger partial charge in [0.25, 0.3) is 5.91 Å².